The quantitative estimate of drug-likeness (QED) is 0.111. The van der Waals surface area contributed by atoms with Gasteiger partial charge in [0.2, 0.25) is 18.2 Å². The van der Waals surface area contributed by atoms with Crippen molar-refractivity contribution in [3.8, 4) is 5.75 Å². The highest BCUT2D eigenvalue weighted by molar-refractivity contribution is 5.92. The fourth-order valence-corrected chi connectivity index (χ4v) is 5.88. The van der Waals surface area contributed by atoms with Crippen molar-refractivity contribution in [2.45, 2.75) is 37.3 Å². The van der Waals surface area contributed by atoms with Crippen LogP contribution in [0.2, 0.25) is 0 Å². The van der Waals surface area contributed by atoms with Gasteiger partial charge in [-0.15, -0.1) is 10.2 Å². The highest BCUT2D eigenvalue weighted by Crippen LogP contribution is 2.38. The largest absolute Gasteiger partial charge is 0.497 e. The summed E-state index contributed by atoms with van der Waals surface area (Å²) >= 11 is 0. The first-order valence-electron chi connectivity index (χ1n) is 17.5. The van der Waals surface area contributed by atoms with Gasteiger partial charge in [0.1, 0.15) is 5.75 Å². The molecule has 1 saturated heterocycles. The summed E-state index contributed by atoms with van der Waals surface area (Å²) in [6.07, 6.45) is -8.18. The number of nitrogens with zero attached hydrogens (tertiary/aromatic N) is 4. The van der Waals surface area contributed by atoms with Gasteiger partial charge in [-0.1, -0.05) is 84.9 Å². The zero-order valence-electron chi connectivity index (χ0n) is 29.8. The Morgan fingerprint density at radius 2 is 0.982 bits per heavy atom. The lowest BCUT2D eigenvalue weighted by Gasteiger charge is -2.43. The summed E-state index contributed by atoms with van der Waals surface area (Å²) in [4.78, 5) is 56.3. The van der Waals surface area contributed by atoms with Gasteiger partial charge in [-0.05, 0) is 71.4 Å². The van der Waals surface area contributed by atoms with Gasteiger partial charge < -0.3 is 28.4 Å². The molecule has 14 nitrogen and oxygen atoms in total. The molecule has 1 aliphatic rings. The van der Waals surface area contributed by atoms with Crippen LogP contribution < -0.4 is 4.74 Å². The molecule has 1 aromatic heterocycles. The Bertz CT molecular complexity index is 2260. The highest BCUT2D eigenvalue weighted by atomic mass is 16.7. The Morgan fingerprint density at radius 1 is 0.554 bits per heavy atom. The molecule has 1 fully saturated rings. The van der Waals surface area contributed by atoms with Crippen molar-refractivity contribution < 1.29 is 47.6 Å². The van der Waals surface area contributed by atoms with Crippen LogP contribution in [0.1, 0.15) is 58.9 Å². The van der Waals surface area contributed by atoms with E-state index in [9.17, 15) is 19.2 Å². The third kappa shape index (κ3) is 8.77. The van der Waals surface area contributed by atoms with E-state index in [0.717, 1.165) is 5.56 Å². The van der Waals surface area contributed by atoms with E-state index in [2.05, 4.69) is 15.4 Å². The van der Waals surface area contributed by atoms with Crippen molar-refractivity contribution in [2.24, 2.45) is 0 Å². The number of tetrazole rings is 1. The van der Waals surface area contributed by atoms with Gasteiger partial charge in [-0.3, -0.25) is 0 Å². The normalized spacial score (nSPS) is 18.9. The molecule has 6 aromatic rings. The molecule has 0 unspecified atom stereocenters. The van der Waals surface area contributed by atoms with Crippen LogP contribution in [0.3, 0.4) is 0 Å². The van der Waals surface area contributed by atoms with E-state index in [1.807, 2.05) is 12.1 Å². The number of carbonyl (C=O) groups is 4. The Kier molecular flexibility index (Phi) is 11.5. The maximum absolute atomic E-state index is 13.9. The maximum Gasteiger partial charge on any atom is 0.340 e. The number of benzene rings is 5. The van der Waals surface area contributed by atoms with Crippen LogP contribution in [0.5, 0.6) is 5.75 Å². The Morgan fingerprint density at radius 3 is 1.45 bits per heavy atom. The van der Waals surface area contributed by atoms with Crippen molar-refractivity contribution in [1.29, 1.82) is 0 Å². The number of methoxy groups -OCH3 is 1. The topological polar surface area (TPSA) is 167 Å². The number of rotatable bonds is 12. The monoisotopic (exact) mass is 754 g/mol. The minimum Gasteiger partial charge on any atom is -0.497 e. The predicted molar refractivity (Wildman–Crippen MR) is 196 cm³/mol. The molecule has 0 radical (unpaired) electrons. The smallest absolute Gasteiger partial charge is 0.340 e. The van der Waals surface area contributed by atoms with Crippen LogP contribution in [0.25, 0.3) is 0 Å². The second kappa shape index (κ2) is 17.3. The number of hydrogen-bond acceptors (Lipinski definition) is 13. The van der Waals surface area contributed by atoms with Gasteiger partial charge in [-0.2, -0.15) is 4.80 Å². The van der Waals surface area contributed by atoms with Crippen molar-refractivity contribution in [2.75, 3.05) is 7.11 Å². The van der Waals surface area contributed by atoms with Crippen LogP contribution in [0.4, 0.5) is 0 Å². The predicted octanol–water partition coefficient (Wildman–Crippen LogP) is 5.66. The molecule has 14 heteroatoms. The molecule has 1 aliphatic heterocycles. The minimum absolute atomic E-state index is 0.112. The first-order chi connectivity index (χ1) is 27.4. The van der Waals surface area contributed by atoms with Crippen molar-refractivity contribution in [1.82, 2.24) is 20.2 Å². The van der Waals surface area contributed by atoms with E-state index in [1.165, 1.54) is 53.3 Å². The summed E-state index contributed by atoms with van der Waals surface area (Å²) in [5.74, 6) is -2.85. The van der Waals surface area contributed by atoms with Crippen molar-refractivity contribution in [3.63, 3.8) is 0 Å². The van der Waals surface area contributed by atoms with E-state index in [1.54, 1.807) is 92.0 Å². The molecular formula is C42H34N4O10. The average molecular weight is 755 g/mol. The summed E-state index contributed by atoms with van der Waals surface area (Å²) < 4.78 is 35.7. The number of ether oxygens (including phenoxy) is 6. The Hall–Kier alpha value is -7.19. The molecule has 56 heavy (non-hydrogen) atoms. The molecule has 0 saturated carbocycles. The molecule has 0 aliphatic carbocycles. The maximum atomic E-state index is 13.9. The fraction of sp³-hybridized carbons (Fsp3) is 0.167. The summed E-state index contributed by atoms with van der Waals surface area (Å²) in [6.45, 7) is 0.175. The molecule has 5 aromatic carbocycles. The molecule has 7 rings (SSSR count). The molecule has 5 atom stereocenters. The lowest BCUT2D eigenvalue weighted by atomic mass is 9.96. The molecule has 282 valence electrons. The van der Waals surface area contributed by atoms with Crippen LogP contribution >= 0.6 is 0 Å². The lowest BCUT2D eigenvalue weighted by molar-refractivity contribution is -0.282. The zero-order chi connectivity index (χ0) is 38.9. The van der Waals surface area contributed by atoms with Gasteiger partial charge in [-0.25, -0.2) is 19.2 Å². The second-order valence-corrected chi connectivity index (χ2v) is 12.4. The van der Waals surface area contributed by atoms with Gasteiger partial charge in [0, 0.05) is 0 Å². The lowest BCUT2D eigenvalue weighted by Crippen LogP contribution is -2.59. The first kappa shape index (κ1) is 37.1. The molecule has 0 amide bonds. The van der Waals surface area contributed by atoms with Crippen LogP contribution in [-0.2, 0) is 30.2 Å². The summed E-state index contributed by atoms with van der Waals surface area (Å²) in [5, 5.41) is 13.0. The highest BCUT2D eigenvalue weighted by Gasteiger charge is 2.56. The standard InChI is InChI=1S/C42H34N4O10/c1-51-32-24-22-27(23-25-32)26-46-44-37(43-45-46)35-33(52-38(47)28-14-6-2-7-15-28)34(53-39(48)29-16-8-3-9-17-29)36(54-40(49)30-18-10-4-11-19-30)42(55-35)56-41(50)31-20-12-5-13-21-31/h2-25,33-36,42H,26H2,1H3/t33-,34-,35-,36+,42+/m0/s1. The van der Waals surface area contributed by atoms with E-state index in [-0.39, 0.29) is 34.6 Å². The van der Waals surface area contributed by atoms with E-state index in [4.69, 9.17) is 28.4 Å². The number of esters is 4. The molecular weight excluding hydrogens is 720 g/mol. The second-order valence-electron chi connectivity index (χ2n) is 12.4. The summed E-state index contributed by atoms with van der Waals surface area (Å²) in [6, 6.07) is 39.4. The number of hydrogen-bond donors (Lipinski definition) is 0. The van der Waals surface area contributed by atoms with Gasteiger partial charge in [0.05, 0.1) is 35.9 Å². The zero-order valence-corrected chi connectivity index (χ0v) is 29.8. The van der Waals surface area contributed by atoms with Crippen LogP contribution in [-0.4, -0.2) is 75.8 Å². The fourth-order valence-electron chi connectivity index (χ4n) is 5.88. The number of carbonyl (C=O) groups excluding carboxylic acids is 4. The molecule has 0 spiro atoms. The third-order valence-corrected chi connectivity index (χ3v) is 8.69. The molecule has 0 bridgehead atoms. The van der Waals surface area contributed by atoms with Crippen molar-refractivity contribution >= 4 is 23.9 Å². The SMILES string of the molecule is COc1ccc(Cn2nnc([C@H]3O[C@H](OC(=O)c4ccccc4)[C@H](OC(=O)c4ccccc4)[C@@H](OC(=O)c4ccccc4)[C@@H]3OC(=O)c3ccccc3)n2)cc1. The van der Waals surface area contributed by atoms with E-state index in [0.29, 0.717) is 5.75 Å². The Labute approximate surface area is 320 Å². The Balaban J connectivity index is 1.32. The first-order valence-corrected chi connectivity index (χ1v) is 17.5. The van der Waals surface area contributed by atoms with Crippen LogP contribution in [0, 0.1) is 0 Å². The average Bonchev–Trinajstić information content (AvgIpc) is 3.72. The van der Waals surface area contributed by atoms with Crippen LogP contribution in [0.15, 0.2) is 146 Å². The number of aromatic nitrogens is 4. The van der Waals surface area contributed by atoms with Gasteiger partial charge >= 0.3 is 23.9 Å². The molecule has 0 N–H and O–H groups in total. The summed E-state index contributed by atoms with van der Waals surface area (Å²) in [7, 11) is 1.56. The third-order valence-electron chi connectivity index (χ3n) is 8.69. The minimum atomic E-state index is -1.76. The van der Waals surface area contributed by atoms with E-state index < -0.39 is 54.6 Å². The van der Waals surface area contributed by atoms with Gasteiger partial charge in [0.25, 0.3) is 0 Å². The van der Waals surface area contributed by atoms with Gasteiger partial charge in [0.15, 0.2) is 18.3 Å². The molecule has 2 heterocycles. The van der Waals surface area contributed by atoms with Crippen molar-refractivity contribution in [3.05, 3.63) is 179 Å². The van der Waals surface area contributed by atoms with E-state index >= 15 is 0 Å². The summed E-state index contributed by atoms with van der Waals surface area (Å²) in [5.41, 5.74) is 1.39.